The molecule has 1 aliphatic rings. The monoisotopic (exact) mass is 291 g/mol. The van der Waals surface area contributed by atoms with E-state index >= 15 is 0 Å². The Bertz CT molecular complexity index is 676. The van der Waals surface area contributed by atoms with Crippen LogP contribution < -0.4 is 0 Å². The molecule has 2 aromatic rings. The van der Waals surface area contributed by atoms with Gasteiger partial charge >= 0.3 is 0 Å². The van der Waals surface area contributed by atoms with Gasteiger partial charge in [-0.2, -0.15) is 0 Å². The maximum Gasteiger partial charge on any atom is 0.0426 e. The summed E-state index contributed by atoms with van der Waals surface area (Å²) in [4.78, 5) is 2.28. The molecule has 0 radical (unpaired) electrons. The lowest BCUT2D eigenvalue weighted by Gasteiger charge is -2.16. The smallest absolute Gasteiger partial charge is 0.0426 e. The zero-order valence-electron chi connectivity index (χ0n) is 13.5. The van der Waals surface area contributed by atoms with Crippen LogP contribution in [0, 0.1) is 0 Å². The van der Waals surface area contributed by atoms with E-state index in [1.54, 1.807) is 5.57 Å². The standard InChI is InChI=1S/C21H25N/c1-22(16-8-11-18-9-3-2-4-10-18)17-20-14-7-13-19-12-5-6-15-21(19)20/h5-9,12-16H,2-4,10-11,17H2,1H3/b16-8+. The SMILES string of the molecule is CN(/C=C/CC1=CCCCC1)Cc1cccc2ccccc12. The lowest BCUT2D eigenvalue weighted by atomic mass is 9.97. The van der Waals surface area contributed by atoms with Crippen LogP contribution in [-0.4, -0.2) is 11.9 Å². The Balaban J connectivity index is 1.63. The molecule has 0 bridgehead atoms. The minimum atomic E-state index is 0.955. The third kappa shape index (κ3) is 3.79. The minimum absolute atomic E-state index is 0.955. The van der Waals surface area contributed by atoms with Crippen molar-refractivity contribution < 1.29 is 0 Å². The normalized spacial score (nSPS) is 15.2. The summed E-state index contributed by atoms with van der Waals surface area (Å²) in [6.45, 7) is 0.955. The summed E-state index contributed by atoms with van der Waals surface area (Å²) in [5.41, 5.74) is 3.00. The summed E-state index contributed by atoms with van der Waals surface area (Å²) >= 11 is 0. The predicted molar refractivity (Wildman–Crippen MR) is 95.7 cm³/mol. The molecule has 0 saturated heterocycles. The van der Waals surface area contributed by atoms with Crippen LogP contribution in [0.15, 0.2) is 66.4 Å². The highest BCUT2D eigenvalue weighted by molar-refractivity contribution is 5.85. The van der Waals surface area contributed by atoms with Crippen molar-refractivity contribution in [2.75, 3.05) is 7.05 Å². The molecule has 0 saturated carbocycles. The number of rotatable bonds is 5. The van der Waals surface area contributed by atoms with Gasteiger partial charge in [-0.1, -0.05) is 60.2 Å². The van der Waals surface area contributed by atoms with Crippen LogP contribution in [0.4, 0.5) is 0 Å². The van der Waals surface area contributed by atoms with Crippen molar-refractivity contribution in [2.45, 2.75) is 38.6 Å². The van der Waals surface area contributed by atoms with Gasteiger partial charge in [0.2, 0.25) is 0 Å². The highest BCUT2D eigenvalue weighted by Gasteiger charge is 2.03. The van der Waals surface area contributed by atoms with E-state index in [4.69, 9.17) is 0 Å². The molecule has 0 amide bonds. The number of allylic oxidation sites excluding steroid dienone is 3. The average molecular weight is 291 g/mol. The van der Waals surface area contributed by atoms with Crippen molar-refractivity contribution in [3.8, 4) is 0 Å². The molecule has 0 aliphatic heterocycles. The predicted octanol–water partition coefficient (Wildman–Crippen LogP) is 5.68. The highest BCUT2D eigenvalue weighted by atomic mass is 15.1. The third-order valence-corrected chi connectivity index (χ3v) is 4.42. The van der Waals surface area contributed by atoms with Gasteiger partial charge in [-0.15, -0.1) is 0 Å². The molecule has 114 valence electrons. The number of fused-ring (bicyclic) bond motifs is 1. The zero-order valence-corrected chi connectivity index (χ0v) is 13.5. The van der Waals surface area contributed by atoms with Gasteiger partial charge in [0.1, 0.15) is 0 Å². The summed E-state index contributed by atoms with van der Waals surface area (Å²) < 4.78 is 0. The summed E-state index contributed by atoms with van der Waals surface area (Å²) in [5, 5.41) is 2.69. The largest absolute Gasteiger partial charge is 0.376 e. The highest BCUT2D eigenvalue weighted by Crippen LogP contribution is 2.21. The second-order valence-corrected chi connectivity index (χ2v) is 6.25. The van der Waals surface area contributed by atoms with Gasteiger partial charge in [0, 0.05) is 13.6 Å². The molecule has 0 spiro atoms. The number of hydrogen-bond acceptors (Lipinski definition) is 1. The van der Waals surface area contributed by atoms with E-state index in [0.29, 0.717) is 0 Å². The van der Waals surface area contributed by atoms with E-state index in [2.05, 4.69) is 72.8 Å². The summed E-state index contributed by atoms with van der Waals surface area (Å²) in [6, 6.07) is 15.2. The van der Waals surface area contributed by atoms with Crippen molar-refractivity contribution >= 4 is 10.8 Å². The number of nitrogens with zero attached hydrogens (tertiary/aromatic N) is 1. The number of benzene rings is 2. The fraction of sp³-hybridized carbons (Fsp3) is 0.333. The molecule has 0 N–H and O–H groups in total. The molecule has 1 nitrogen and oxygen atoms in total. The molecule has 22 heavy (non-hydrogen) atoms. The van der Waals surface area contributed by atoms with Crippen LogP contribution in [0.3, 0.4) is 0 Å². The maximum atomic E-state index is 2.43. The molecular weight excluding hydrogens is 266 g/mol. The van der Waals surface area contributed by atoms with Crippen molar-refractivity contribution in [1.82, 2.24) is 4.90 Å². The molecule has 2 aromatic carbocycles. The van der Waals surface area contributed by atoms with E-state index in [9.17, 15) is 0 Å². The number of hydrogen-bond donors (Lipinski definition) is 0. The molecule has 1 aliphatic carbocycles. The molecule has 1 heteroatoms. The van der Waals surface area contributed by atoms with Crippen LogP contribution in [-0.2, 0) is 6.54 Å². The van der Waals surface area contributed by atoms with Gasteiger partial charge < -0.3 is 4.90 Å². The molecule has 0 atom stereocenters. The first-order chi connectivity index (χ1) is 10.8. The van der Waals surface area contributed by atoms with Gasteiger partial charge in [0.25, 0.3) is 0 Å². The fourth-order valence-corrected chi connectivity index (χ4v) is 3.23. The van der Waals surface area contributed by atoms with Crippen molar-refractivity contribution in [2.24, 2.45) is 0 Å². The first-order valence-corrected chi connectivity index (χ1v) is 8.34. The van der Waals surface area contributed by atoms with Gasteiger partial charge in [-0.05, 0) is 54.6 Å². The first kappa shape index (κ1) is 14.9. The Morgan fingerprint density at radius 1 is 1.05 bits per heavy atom. The molecular formula is C21H25N. The van der Waals surface area contributed by atoms with Crippen LogP contribution in [0.5, 0.6) is 0 Å². The van der Waals surface area contributed by atoms with E-state index in [1.165, 1.54) is 42.0 Å². The summed E-state index contributed by atoms with van der Waals surface area (Å²) in [7, 11) is 2.16. The van der Waals surface area contributed by atoms with E-state index in [0.717, 1.165) is 13.0 Å². The minimum Gasteiger partial charge on any atom is -0.376 e. The molecule has 3 rings (SSSR count). The Morgan fingerprint density at radius 2 is 1.91 bits per heavy atom. The second kappa shape index (κ2) is 7.31. The quantitative estimate of drug-likeness (QED) is 0.641. The van der Waals surface area contributed by atoms with Crippen LogP contribution >= 0.6 is 0 Å². The Kier molecular flexibility index (Phi) is 4.95. The van der Waals surface area contributed by atoms with E-state index in [1.807, 2.05) is 0 Å². The van der Waals surface area contributed by atoms with Gasteiger partial charge in [-0.3, -0.25) is 0 Å². The summed E-state index contributed by atoms with van der Waals surface area (Å²) in [6.07, 6.45) is 13.4. The lowest BCUT2D eigenvalue weighted by molar-refractivity contribution is 0.451. The maximum absolute atomic E-state index is 2.43. The summed E-state index contributed by atoms with van der Waals surface area (Å²) in [5.74, 6) is 0. The second-order valence-electron chi connectivity index (χ2n) is 6.25. The van der Waals surface area contributed by atoms with Crippen molar-refractivity contribution in [3.63, 3.8) is 0 Å². The molecule has 0 unspecified atom stereocenters. The zero-order chi connectivity index (χ0) is 15.2. The van der Waals surface area contributed by atoms with Crippen LogP contribution in [0.1, 0.15) is 37.7 Å². The van der Waals surface area contributed by atoms with Gasteiger partial charge in [0.05, 0.1) is 0 Å². The molecule has 0 fully saturated rings. The van der Waals surface area contributed by atoms with Crippen LogP contribution in [0.2, 0.25) is 0 Å². The van der Waals surface area contributed by atoms with Crippen molar-refractivity contribution in [3.05, 3.63) is 72.0 Å². The molecule has 0 aromatic heterocycles. The fourth-order valence-electron chi connectivity index (χ4n) is 3.23. The van der Waals surface area contributed by atoms with Gasteiger partial charge in [0.15, 0.2) is 0 Å². The first-order valence-electron chi connectivity index (χ1n) is 8.34. The Morgan fingerprint density at radius 3 is 2.77 bits per heavy atom. The van der Waals surface area contributed by atoms with Crippen molar-refractivity contribution in [1.29, 1.82) is 0 Å². The molecule has 0 heterocycles. The lowest BCUT2D eigenvalue weighted by Crippen LogP contribution is -2.10. The topological polar surface area (TPSA) is 3.24 Å². The van der Waals surface area contributed by atoms with Gasteiger partial charge in [-0.25, -0.2) is 0 Å². The Hall–Kier alpha value is -2.02. The van der Waals surface area contributed by atoms with Crippen LogP contribution in [0.25, 0.3) is 10.8 Å². The average Bonchev–Trinajstić information content (AvgIpc) is 2.56. The van der Waals surface area contributed by atoms with E-state index < -0.39 is 0 Å². The Labute approximate surface area is 134 Å². The third-order valence-electron chi connectivity index (χ3n) is 4.42. The van der Waals surface area contributed by atoms with E-state index in [-0.39, 0.29) is 0 Å².